The van der Waals surface area contributed by atoms with Gasteiger partial charge >= 0.3 is 5.97 Å². The molecule has 0 saturated heterocycles. The molecule has 0 spiro atoms. The van der Waals surface area contributed by atoms with Gasteiger partial charge in [-0.2, -0.15) is 5.26 Å². The van der Waals surface area contributed by atoms with E-state index >= 15 is 0 Å². The Morgan fingerprint density at radius 2 is 1.89 bits per heavy atom. The Morgan fingerprint density at radius 1 is 1.14 bits per heavy atom. The summed E-state index contributed by atoms with van der Waals surface area (Å²) in [5.74, 6) is -1.32. The maximum Gasteiger partial charge on any atom is 0.303 e. The first-order chi connectivity index (χ1) is 16.7. The molecule has 0 aromatic heterocycles. The highest BCUT2D eigenvalue weighted by molar-refractivity contribution is 6.42. The summed E-state index contributed by atoms with van der Waals surface area (Å²) in [6.07, 6.45) is 2.58. The Kier molecular flexibility index (Phi) is 8.92. The van der Waals surface area contributed by atoms with Gasteiger partial charge in [0, 0.05) is 30.5 Å². The van der Waals surface area contributed by atoms with Crippen molar-refractivity contribution in [2.45, 2.75) is 38.1 Å². The Labute approximate surface area is 215 Å². The van der Waals surface area contributed by atoms with Crippen LogP contribution in [0.25, 0.3) is 10.8 Å². The Balaban J connectivity index is 2.07. The minimum absolute atomic E-state index is 0.0666. The number of amides is 1. The summed E-state index contributed by atoms with van der Waals surface area (Å²) in [5.41, 5.74) is 1.70. The van der Waals surface area contributed by atoms with Crippen LogP contribution in [0.2, 0.25) is 10.0 Å². The number of halogens is 2. The van der Waals surface area contributed by atoms with E-state index in [1.807, 2.05) is 37.3 Å². The number of carbonyl (C=O) groups is 2. The van der Waals surface area contributed by atoms with Gasteiger partial charge in [-0.05, 0) is 60.4 Å². The summed E-state index contributed by atoms with van der Waals surface area (Å²) in [6, 6.07) is 17.9. The molecule has 3 aromatic carbocycles. The number of carbonyl (C=O) groups excluding carboxylic acids is 1. The number of carboxylic acid groups (broad SMARTS) is 1. The van der Waals surface area contributed by atoms with E-state index in [1.54, 1.807) is 35.2 Å². The lowest BCUT2D eigenvalue weighted by molar-refractivity contribution is -0.137. The zero-order valence-corrected chi connectivity index (χ0v) is 20.9. The van der Waals surface area contributed by atoms with Crippen molar-refractivity contribution in [2.75, 3.05) is 6.54 Å². The summed E-state index contributed by atoms with van der Waals surface area (Å²) >= 11 is 12.4. The van der Waals surface area contributed by atoms with Crippen LogP contribution in [0.3, 0.4) is 0 Å². The number of nitrogens with zero attached hydrogens (tertiary/aromatic N) is 2. The molecule has 0 radical (unpaired) electrons. The quantitative estimate of drug-likeness (QED) is 0.296. The third kappa shape index (κ3) is 6.42. The Hall–Kier alpha value is -3.33. The monoisotopic (exact) mass is 508 g/mol. The first kappa shape index (κ1) is 26.3. The van der Waals surface area contributed by atoms with Crippen LogP contribution in [-0.4, -0.2) is 34.5 Å². The van der Waals surface area contributed by atoms with Gasteiger partial charge in [-0.15, -0.1) is 6.58 Å². The van der Waals surface area contributed by atoms with Gasteiger partial charge in [0.15, 0.2) is 0 Å². The molecule has 1 N–H and O–H groups in total. The van der Waals surface area contributed by atoms with Crippen LogP contribution in [-0.2, 0) is 4.79 Å². The number of hydrogen-bond donors (Lipinski definition) is 1. The van der Waals surface area contributed by atoms with Gasteiger partial charge in [-0.3, -0.25) is 9.59 Å². The molecule has 180 valence electrons. The van der Waals surface area contributed by atoms with Crippen molar-refractivity contribution in [1.29, 1.82) is 5.26 Å². The van der Waals surface area contributed by atoms with Gasteiger partial charge in [0.1, 0.15) is 0 Å². The van der Waals surface area contributed by atoms with E-state index in [4.69, 9.17) is 23.2 Å². The van der Waals surface area contributed by atoms with Gasteiger partial charge in [0.2, 0.25) is 0 Å². The highest BCUT2D eigenvalue weighted by Crippen LogP contribution is 2.31. The summed E-state index contributed by atoms with van der Waals surface area (Å²) in [4.78, 5) is 27.0. The second kappa shape index (κ2) is 11.9. The second-order valence-corrected chi connectivity index (χ2v) is 9.30. The first-order valence-electron chi connectivity index (χ1n) is 11.3. The van der Waals surface area contributed by atoms with Crippen LogP contribution in [0.5, 0.6) is 0 Å². The van der Waals surface area contributed by atoms with E-state index in [-0.39, 0.29) is 24.3 Å². The summed E-state index contributed by atoms with van der Waals surface area (Å²) < 4.78 is 0. The number of nitriles is 1. The molecule has 7 heteroatoms. The van der Waals surface area contributed by atoms with Crippen LogP contribution in [0.4, 0.5) is 0 Å². The Bertz CT molecular complexity index is 1300. The van der Waals surface area contributed by atoms with Crippen molar-refractivity contribution in [2.24, 2.45) is 0 Å². The fourth-order valence-electron chi connectivity index (χ4n) is 4.18. The van der Waals surface area contributed by atoms with E-state index in [9.17, 15) is 20.0 Å². The standard InChI is InChI=1S/C28H26Cl2N2O3/c1-3-6-22(20-10-11-25(29)26(30)15-20)17-32(18(2)9-12-27(33)34)28(35)24-14-19(16-31)13-21-7-4-5-8-23(21)24/h3-5,7-8,10-11,13-15,18,22H,1,6,9,12,17H2,2H3,(H,33,34). The largest absolute Gasteiger partial charge is 0.481 e. The summed E-state index contributed by atoms with van der Waals surface area (Å²) in [6.45, 7) is 6.03. The molecule has 0 bridgehead atoms. The van der Waals surface area contributed by atoms with Crippen molar-refractivity contribution < 1.29 is 14.7 Å². The van der Waals surface area contributed by atoms with Crippen molar-refractivity contribution in [3.05, 3.63) is 94.0 Å². The molecular weight excluding hydrogens is 483 g/mol. The van der Waals surface area contributed by atoms with Crippen LogP contribution in [0.1, 0.15) is 53.6 Å². The first-order valence-corrected chi connectivity index (χ1v) is 12.0. The number of allylic oxidation sites excluding steroid dienone is 1. The lowest BCUT2D eigenvalue weighted by Gasteiger charge is -2.33. The minimum atomic E-state index is -0.923. The average Bonchev–Trinajstić information content (AvgIpc) is 2.85. The van der Waals surface area contributed by atoms with Gasteiger partial charge in [-0.1, -0.05) is 59.6 Å². The molecule has 0 aliphatic carbocycles. The second-order valence-electron chi connectivity index (χ2n) is 8.49. The fraction of sp³-hybridized carbons (Fsp3) is 0.250. The maximum absolute atomic E-state index is 14.0. The molecule has 2 unspecified atom stereocenters. The number of hydrogen-bond acceptors (Lipinski definition) is 3. The minimum Gasteiger partial charge on any atom is -0.481 e. The Morgan fingerprint density at radius 3 is 2.54 bits per heavy atom. The summed E-state index contributed by atoms with van der Waals surface area (Å²) in [7, 11) is 0. The molecule has 3 rings (SSSR count). The zero-order valence-electron chi connectivity index (χ0n) is 19.4. The number of fused-ring (bicyclic) bond motifs is 1. The molecule has 0 saturated carbocycles. The molecule has 3 aromatic rings. The van der Waals surface area contributed by atoms with Crippen molar-refractivity contribution in [1.82, 2.24) is 4.90 Å². The lowest BCUT2D eigenvalue weighted by atomic mass is 9.93. The molecular formula is C28H26Cl2N2O3. The molecule has 0 heterocycles. The molecule has 2 atom stereocenters. The smallest absolute Gasteiger partial charge is 0.303 e. The molecule has 0 fully saturated rings. The highest BCUT2D eigenvalue weighted by atomic mass is 35.5. The lowest BCUT2D eigenvalue weighted by Crippen LogP contribution is -2.41. The predicted octanol–water partition coefficient (Wildman–Crippen LogP) is 7.07. The van der Waals surface area contributed by atoms with Crippen LogP contribution >= 0.6 is 23.2 Å². The van der Waals surface area contributed by atoms with Gasteiger partial charge in [0.05, 0.1) is 21.7 Å². The van der Waals surface area contributed by atoms with E-state index < -0.39 is 5.97 Å². The van der Waals surface area contributed by atoms with Crippen molar-refractivity contribution >= 4 is 45.9 Å². The van der Waals surface area contributed by atoms with Gasteiger partial charge in [-0.25, -0.2) is 0 Å². The van der Waals surface area contributed by atoms with E-state index in [1.165, 1.54) is 0 Å². The number of aliphatic carboxylic acids is 1. The maximum atomic E-state index is 14.0. The van der Waals surface area contributed by atoms with E-state index in [2.05, 4.69) is 12.6 Å². The number of rotatable bonds is 10. The molecule has 1 amide bonds. The molecule has 35 heavy (non-hydrogen) atoms. The van der Waals surface area contributed by atoms with Gasteiger partial charge in [0.25, 0.3) is 5.91 Å². The fourth-order valence-corrected chi connectivity index (χ4v) is 4.49. The summed E-state index contributed by atoms with van der Waals surface area (Å²) in [5, 5.41) is 21.2. The van der Waals surface area contributed by atoms with Crippen LogP contribution in [0.15, 0.2) is 67.3 Å². The average molecular weight is 509 g/mol. The van der Waals surface area contributed by atoms with E-state index in [0.29, 0.717) is 40.6 Å². The zero-order chi connectivity index (χ0) is 25.5. The molecule has 0 aliphatic heterocycles. The van der Waals surface area contributed by atoms with E-state index in [0.717, 1.165) is 16.3 Å². The number of carboxylic acids is 1. The van der Waals surface area contributed by atoms with Crippen molar-refractivity contribution in [3.63, 3.8) is 0 Å². The third-order valence-corrected chi connectivity index (χ3v) is 6.81. The van der Waals surface area contributed by atoms with Crippen molar-refractivity contribution in [3.8, 4) is 6.07 Å². The normalized spacial score (nSPS) is 12.5. The van der Waals surface area contributed by atoms with Crippen LogP contribution in [0, 0.1) is 11.3 Å². The van der Waals surface area contributed by atoms with Crippen LogP contribution < -0.4 is 0 Å². The molecule has 5 nitrogen and oxygen atoms in total. The SMILES string of the molecule is C=CCC(CN(C(=O)c1cc(C#N)cc2ccccc12)C(C)CCC(=O)O)c1ccc(Cl)c(Cl)c1. The third-order valence-electron chi connectivity index (χ3n) is 6.07. The predicted molar refractivity (Wildman–Crippen MR) is 140 cm³/mol. The highest BCUT2D eigenvalue weighted by Gasteiger charge is 2.27. The van der Waals surface area contributed by atoms with Gasteiger partial charge < -0.3 is 10.0 Å². The number of benzene rings is 3. The molecule has 0 aliphatic rings. The topological polar surface area (TPSA) is 81.4 Å².